The van der Waals surface area contributed by atoms with Crippen molar-refractivity contribution in [3.05, 3.63) is 18.0 Å². The molecule has 50 valence electrons. The molecule has 1 aromatic rings. The summed E-state index contributed by atoms with van der Waals surface area (Å²) in [5.41, 5.74) is 0.720. The lowest BCUT2D eigenvalue weighted by Gasteiger charge is -1.91. The van der Waals surface area contributed by atoms with Crippen LogP contribution in [0.15, 0.2) is 17.6 Å². The minimum absolute atomic E-state index is 0.720. The molecule has 0 aliphatic rings. The van der Waals surface area contributed by atoms with Gasteiger partial charge in [-0.1, -0.05) is 17.7 Å². The highest BCUT2D eigenvalue weighted by atomic mass is 32.2. The van der Waals surface area contributed by atoms with Crippen LogP contribution in [-0.2, 0) is 0 Å². The Morgan fingerprint density at radius 2 is 2.10 bits per heavy atom. The Balaban J connectivity index is 2.93. The highest BCUT2D eigenvalue weighted by Gasteiger charge is 1.90. The fraction of sp³-hybridized carbons (Fsp3) is 0.143. The van der Waals surface area contributed by atoms with Crippen LogP contribution in [0.1, 0.15) is 5.56 Å². The third-order valence-electron chi connectivity index (χ3n) is 0.977. The Hall–Kier alpha value is -1.01. The van der Waals surface area contributed by atoms with Crippen LogP contribution in [0.2, 0.25) is 0 Å². The van der Waals surface area contributed by atoms with Gasteiger partial charge in [-0.25, -0.2) is 9.97 Å². The van der Waals surface area contributed by atoms with E-state index >= 15 is 0 Å². The molecule has 0 fully saturated rings. The lowest BCUT2D eigenvalue weighted by atomic mass is 10.4. The summed E-state index contributed by atoms with van der Waals surface area (Å²) in [5, 5.41) is 0.749. The summed E-state index contributed by atoms with van der Waals surface area (Å²) in [6.07, 6.45) is 10.3. The maximum absolute atomic E-state index is 5.10. The Bertz CT molecular complexity index is 247. The van der Waals surface area contributed by atoms with E-state index in [0.29, 0.717) is 0 Å². The standard InChI is InChI=1S/C7H6N2S/c1-3-6-4-8-7(10-2)9-5-6/h1,4-5H,2H3. The van der Waals surface area contributed by atoms with Gasteiger partial charge in [0.1, 0.15) is 0 Å². The van der Waals surface area contributed by atoms with Crippen LogP contribution >= 0.6 is 11.8 Å². The highest BCUT2D eigenvalue weighted by Crippen LogP contribution is 2.05. The van der Waals surface area contributed by atoms with Crippen molar-refractivity contribution >= 4 is 11.8 Å². The van der Waals surface area contributed by atoms with E-state index in [-0.39, 0.29) is 0 Å². The molecule has 0 aliphatic carbocycles. The van der Waals surface area contributed by atoms with Crippen molar-refractivity contribution in [1.29, 1.82) is 0 Å². The van der Waals surface area contributed by atoms with Crippen molar-refractivity contribution in [2.45, 2.75) is 5.16 Å². The molecule has 0 bridgehead atoms. The molecule has 10 heavy (non-hydrogen) atoms. The van der Waals surface area contributed by atoms with Gasteiger partial charge >= 0.3 is 0 Å². The molecule has 0 saturated heterocycles. The summed E-state index contributed by atoms with van der Waals surface area (Å²) in [4.78, 5) is 7.95. The average molecular weight is 150 g/mol. The fourth-order valence-electron chi connectivity index (χ4n) is 0.496. The van der Waals surface area contributed by atoms with Gasteiger partial charge in [0, 0.05) is 12.4 Å². The van der Waals surface area contributed by atoms with Crippen molar-refractivity contribution in [3.63, 3.8) is 0 Å². The van der Waals surface area contributed by atoms with Crippen LogP contribution in [0.3, 0.4) is 0 Å². The predicted molar refractivity (Wildman–Crippen MR) is 41.7 cm³/mol. The zero-order chi connectivity index (χ0) is 7.40. The first-order valence-electron chi connectivity index (χ1n) is 2.69. The first-order valence-corrected chi connectivity index (χ1v) is 3.92. The number of nitrogens with zero attached hydrogens (tertiary/aromatic N) is 2. The van der Waals surface area contributed by atoms with Gasteiger partial charge in [0.05, 0.1) is 5.56 Å². The minimum Gasteiger partial charge on any atom is -0.230 e. The van der Waals surface area contributed by atoms with Crippen LogP contribution in [-0.4, -0.2) is 16.2 Å². The van der Waals surface area contributed by atoms with Crippen molar-refractivity contribution < 1.29 is 0 Å². The first kappa shape index (κ1) is 7.10. The molecule has 1 heterocycles. The molecule has 0 N–H and O–H groups in total. The molecule has 2 nitrogen and oxygen atoms in total. The molecule has 0 saturated carbocycles. The van der Waals surface area contributed by atoms with E-state index in [0.717, 1.165) is 10.7 Å². The Labute approximate surface area is 64.1 Å². The second-order valence-electron chi connectivity index (χ2n) is 1.60. The summed E-state index contributed by atoms with van der Waals surface area (Å²) in [6, 6.07) is 0. The van der Waals surface area contributed by atoms with Gasteiger partial charge in [-0.3, -0.25) is 0 Å². The Morgan fingerprint density at radius 3 is 2.50 bits per heavy atom. The lowest BCUT2D eigenvalue weighted by molar-refractivity contribution is 0.965. The molecule has 0 unspecified atom stereocenters. The van der Waals surface area contributed by atoms with E-state index in [1.165, 1.54) is 11.8 Å². The van der Waals surface area contributed by atoms with Crippen LogP contribution in [0.5, 0.6) is 0 Å². The van der Waals surface area contributed by atoms with Crippen molar-refractivity contribution in [2.75, 3.05) is 6.26 Å². The van der Waals surface area contributed by atoms with Crippen LogP contribution in [0.4, 0.5) is 0 Å². The predicted octanol–water partition coefficient (Wildman–Crippen LogP) is 1.18. The summed E-state index contributed by atoms with van der Waals surface area (Å²) < 4.78 is 0. The van der Waals surface area contributed by atoms with Crippen LogP contribution in [0.25, 0.3) is 0 Å². The maximum Gasteiger partial charge on any atom is 0.187 e. The molecule has 0 atom stereocenters. The van der Waals surface area contributed by atoms with Gasteiger partial charge < -0.3 is 0 Å². The van der Waals surface area contributed by atoms with E-state index in [2.05, 4.69) is 15.9 Å². The molecule has 0 radical (unpaired) electrons. The van der Waals surface area contributed by atoms with Crippen LogP contribution in [0, 0.1) is 12.3 Å². The summed E-state index contributed by atoms with van der Waals surface area (Å²) in [6.45, 7) is 0. The highest BCUT2D eigenvalue weighted by molar-refractivity contribution is 7.98. The number of hydrogen-bond donors (Lipinski definition) is 0. The molecule has 1 rings (SSSR count). The molecule has 0 aromatic carbocycles. The number of thioether (sulfide) groups is 1. The van der Waals surface area contributed by atoms with Crippen molar-refractivity contribution in [2.24, 2.45) is 0 Å². The smallest absolute Gasteiger partial charge is 0.187 e. The topological polar surface area (TPSA) is 25.8 Å². The van der Waals surface area contributed by atoms with Crippen LogP contribution < -0.4 is 0 Å². The summed E-state index contributed by atoms with van der Waals surface area (Å²) >= 11 is 1.50. The fourth-order valence-corrected chi connectivity index (χ4v) is 0.812. The normalized spacial score (nSPS) is 8.80. The largest absolute Gasteiger partial charge is 0.230 e. The van der Waals surface area contributed by atoms with Gasteiger partial charge in [-0.15, -0.1) is 6.42 Å². The molecule has 0 spiro atoms. The number of hydrogen-bond acceptors (Lipinski definition) is 3. The zero-order valence-corrected chi connectivity index (χ0v) is 6.35. The Morgan fingerprint density at radius 1 is 1.50 bits per heavy atom. The third-order valence-corrected chi connectivity index (χ3v) is 1.55. The SMILES string of the molecule is C#Cc1cnc(SC)nc1. The van der Waals surface area contributed by atoms with E-state index in [4.69, 9.17) is 6.42 Å². The third kappa shape index (κ3) is 1.49. The molecule has 0 amide bonds. The van der Waals surface area contributed by atoms with Gasteiger partial charge in [-0.2, -0.15) is 0 Å². The summed E-state index contributed by atoms with van der Waals surface area (Å²) in [5.74, 6) is 2.44. The number of rotatable bonds is 1. The van der Waals surface area contributed by atoms with E-state index < -0.39 is 0 Å². The monoisotopic (exact) mass is 150 g/mol. The molecular formula is C7H6N2S. The van der Waals surface area contributed by atoms with Crippen molar-refractivity contribution in [3.8, 4) is 12.3 Å². The first-order chi connectivity index (χ1) is 4.86. The average Bonchev–Trinajstić information content (AvgIpc) is 2.05. The van der Waals surface area contributed by atoms with Gasteiger partial charge in [0.25, 0.3) is 0 Å². The summed E-state index contributed by atoms with van der Waals surface area (Å²) in [7, 11) is 0. The molecule has 0 aliphatic heterocycles. The van der Waals surface area contributed by atoms with E-state index in [1.807, 2.05) is 6.26 Å². The Kier molecular flexibility index (Phi) is 2.30. The van der Waals surface area contributed by atoms with E-state index in [9.17, 15) is 0 Å². The lowest BCUT2D eigenvalue weighted by Crippen LogP contribution is -1.85. The maximum atomic E-state index is 5.10. The molecule has 3 heteroatoms. The zero-order valence-electron chi connectivity index (χ0n) is 5.53. The molecule has 1 aromatic heterocycles. The van der Waals surface area contributed by atoms with Crippen molar-refractivity contribution in [1.82, 2.24) is 9.97 Å². The number of aromatic nitrogens is 2. The number of terminal acetylenes is 1. The van der Waals surface area contributed by atoms with Gasteiger partial charge in [-0.05, 0) is 6.26 Å². The second kappa shape index (κ2) is 3.23. The van der Waals surface area contributed by atoms with Gasteiger partial charge in [0.2, 0.25) is 0 Å². The second-order valence-corrected chi connectivity index (χ2v) is 2.38. The van der Waals surface area contributed by atoms with Gasteiger partial charge in [0.15, 0.2) is 5.16 Å². The minimum atomic E-state index is 0.720. The van der Waals surface area contributed by atoms with E-state index in [1.54, 1.807) is 12.4 Å². The quantitative estimate of drug-likeness (QED) is 0.341. The molecular weight excluding hydrogens is 144 g/mol.